The molecule has 5 nitrogen and oxygen atoms in total. The maximum Gasteiger partial charge on any atom is 0.248 e. The Morgan fingerprint density at radius 2 is 2.05 bits per heavy atom. The van der Waals surface area contributed by atoms with Crippen molar-refractivity contribution >= 4 is 35.0 Å². The number of rotatable bonds is 4. The molecule has 1 aromatic rings. The predicted octanol–water partition coefficient (Wildman–Crippen LogP) is 2.14. The maximum absolute atomic E-state index is 12.4. The summed E-state index contributed by atoms with van der Waals surface area (Å²) in [7, 11) is 0. The first-order valence-electron chi connectivity index (χ1n) is 6.82. The fourth-order valence-electron chi connectivity index (χ4n) is 2.22. The lowest BCUT2D eigenvalue weighted by Crippen LogP contribution is -2.44. The molecule has 2 rings (SSSR count). The highest BCUT2D eigenvalue weighted by atomic mass is 32.2. The summed E-state index contributed by atoms with van der Waals surface area (Å²) >= 11 is 1.56. The summed E-state index contributed by atoms with van der Waals surface area (Å²) in [4.78, 5) is 37.4. The van der Waals surface area contributed by atoms with Crippen LogP contribution in [0.3, 0.4) is 0 Å². The van der Waals surface area contributed by atoms with Crippen LogP contribution in [-0.2, 0) is 9.59 Å². The third kappa shape index (κ3) is 3.44. The van der Waals surface area contributed by atoms with E-state index in [2.05, 4.69) is 5.32 Å². The highest BCUT2D eigenvalue weighted by molar-refractivity contribution is 7.99. The normalized spacial score (nSPS) is 17.6. The summed E-state index contributed by atoms with van der Waals surface area (Å²) in [6.07, 6.45) is 0.383. The molecule has 1 fully saturated rings. The molecule has 6 heteroatoms. The van der Waals surface area contributed by atoms with Crippen LogP contribution in [0.5, 0.6) is 0 Å². The van der Waals surface area contributed by atoms with Crippen LogP contribution in [0.25, 0.3) is 0 Å². The number of anilines is 1. The number of Topliss-reactive ketones (excluding diaryl/α,β-unsaturated/α-hetero) is 1. The number of nitrogens with zero attached hydrogens (tertiary/aromatic N) is 1. The van der Waals surface area contributed by atoms with Gasteiger partial charge in [-0.15, -0.1) is 11.8 Å². The van der Waals surface area contributed by atoms with Crippen molar-refractivity contribution < 1.29 is 14.4 Å². The molecule has 1 aromatic carbocycles. The number of carbonyl (C=O) groups is 3. The second-order valence-corrected chi connectivity index (χ2v) is 5.82. The van der Waals surface area contributed by atoms with Crippen LogP contribution >= 0.6 is 11.8 Å². The SMILES string of the molecule is CCC(=O)N1CSCC1C(=O)Nc1ccccc1C(C)=O. The molecule has 0 spiro atoms. The zero-order chi connectivity index (χ0) is 15.4. The monoisotopic (exact) mass is 306 g/mol. The molecule has 1 saturated heterocycles. The summed E-state index contributed by atoms with van der Waals surface area (Å²) in [5, 5.41) is 2.78. The van der Waals surface area contributed by atoms with Gasteiger partial charge in [0.1, 0.15) is 6.04 Å². The van der Waals surface area contributed by atoms with E-state index in [1.807, 2.05) is 0 Å². The maximum atomic E-state index is 12.4. The Morgan fingerprint density at radius 3 is 2.71 bits per heavy atom. The number of amides is 2. The molecule has 0 bridgehead atoms. The first-order chi connectivity index (χ1) is 10.0. The topological polar surface area (TPSA) is 66.5 Å². The molecule has 1 heterocycles. The molecule has 2 amide bonds. The van der Waals surface area contributed by atoms with E-state index in [4.69, 9.17) is 0 Å². The smallest absolute Gasteiger partial charge is 0.248 e. The van der Waals surface area contributed by atoms with Crippen LogP contribution in [-0.4, -0.2) is 40.2 Å². The van der Waals surface area contributed by atoms with E-state index >= 15 is 0 Å². The molecule has 1 N–H and O–H groups in total. The van der Waals surface area contributed by atoms with Crippen molar-refractivity contribution in [3.63, 3.8) is 0 Å². The van der Waals surface area contributed by atoms with Gasteiger partial charge in [0, 0.05) is 17.7 Å². The molecule has 1 aliphatic rings. The van der Waals surface area contributed by atoms with Crippen LogP contribution in [0.2, 0.25) is 0 Å². The molecular weight excluding hydrogens is 288 g/mol. The minimum atomic E-state index is -0.470. The summed E-state index contributed by atoms with van der Waals surface area (Å²) in [5.41, 5.74) is 0.973. The molecule has 0 saturated carbocycles. The second-order valence-electron chi connectivity index (χ2n) is 4.82. The summed E-state index contributed by atoms with van der Waals surface area (Å²) < 4.78 is 0. The highest BCUT2D eigenvalue weighted by Crippen LogP contribution is 2.24. The molecule has 1 aliphatic heterocycles. The average Bonchev–Trinajstić information content (AvgIpc) is 2.96. The lowest BCUT2D eigenvalue weighted by atomic mass is 10.1. The van der Waals surface area contributed by atoms with Gasteiger partial charge in [0.15, 0.2) is 5.78 Å². The first kappa shape index (κ1) is 15.6. The van der Waals surface area contributed by atoms with E-state index in [1.165, 1.54) is 6.92 Å². The van der Waals surface area contributed by atoms with Gasteiger partial charge in [0.05, 0.1) is 11.6 Å². The third-order valence-corrected chi connectivity index (χ3v) is 4.38. The van der Waals surface area contributed by atoms with Gasteiger partial charge in [-0.2, -0.15) is 0 Å². The van der Waals surface area contributed by atoms with E-state index in [1.54, 1.807) is 47.9 Å². The highest BCUT2D eigenvalue weighted by Gasteiger charge is 2.34. The second kappa shape index (κ2) is 6.76. The number of ketones is 1. The van der Waals surface area contributed by atoms with Crippen LogP contribution in [0.1, 0.15) is 30.6 Å². The number of nitrogens with one attached hydrogen (secondary N) is 1. The lowest BCUT2D eigenvalue weighted by Gasteiger charge is -2.23. The van der Waals surface area contributed by atoms with Crippen molar-refractivity contribution in [2.75, 3.05) is 16.9 Å². The van der Waals surface area contributed by atoms with Crippen molar-refractivity contribution in [3.8, 4) is 0 Å². The van der Waals surface area contributed by atoms with Gasteiger partial charge < -0.3 is 10.2 Å². The van der Waals surface area contributed by atoms with Crippen LogP contribution in [0, 0.1) is 0 Å². The number of hydrogen-bond acceptors (Lipinski definition) is 4. The van der Waals surface area contributed by atoms with Crippen LogP contribution in [0.15, 0.2) is 24.3 Å². The fraction of sp³-hybridized carbons (Fsp3) is 0.400. The molecule has 112 valence electrons. The van der Waals surface area contributed by atoms with Gasteiger partial charge >= 0.3 is 0 Å². The fourth-order valence-corrected chi connectivity index (χ4v) is 3.40. The molecule has 0 aliphatic carbocycles. The largest absolute Gasteiger partial charge is 0.324 e. The van der Waals surface area contributed by atoms with Crippen LogP contribution < -0.4 is 5.32 Å². The minimum absolute atomic E-state index is 0.0278. The number of para-hydroxylation sites is 1. The van der Waals surface area contributed by atoms with Gasteiger partial charge in [-0.05, 0) is 19.1 Å². The Morgan fingerprint density at radius 1 is 1.33 bits per heavy atom. The van der Waals surface area contributed by atoms with E-state index in [9.17, 15) is 14.4 Å². The van der Waals surface area contributed by atoms with E-state index < -0.39 is 6.04 Å². The van der Waals surface area contributed by atoms with Gasteiger partial charge in [0.2, 0.25) is 11.8 Å². The zero-order valence-electron chi connectivity index (χ0n) is 12.1. The van der Waals surface area contributed by atoms with Crippen molar-refractivity contribution in [3.05, 3.63) is 29.8 Å². The average molecular weight is 306 g/mol. The van der Waals surface area contributed by atoms with E-state index in [0.29, 0.717) is 29.3 Å². The van der Waals surface area contributed by atoms with E-state index in [-0.39, 0.29) is 17.6 Å². The van der Waals surface area contributed by atoms with Crippen molar-refractivity contribution in [1.29, 1.82) is 0 Å². The summed E-state index contributed by atoms with van der Waals surface area (Å²) in [6, 6.07) is 6.42. The zero-order valence-corrected chi connectivity index (χ0v) is 12.9. The Bertz CT molecular complexity index is 574. The Hall–Kier alpha value is -1.82. The van der Waals surface area contributed by atoms with Crippen molar-refractivity contribution in [1.82, 2.24) is 4.90 Å². The standard InChI is InChI=1S/C15H18N2O3S/c1-3-14(19)17-9-21-8-13(17)15(20)16-12-7-5-4-6-11(12)10(2)18/h4-7,13H,3,8-9H2,1-2H3,(H,16,20). The number of carbonyl (C=O) groups excluding carboxylic acids is 3. The molecule has 21 heavy (non-hydrogen) atoms. The van der Waals surface area contributed by atoms with Gasteiger partial charge in [0.25, 0.3) is 0 Å². The number of benzene rings is 1. The van der Waals surface area contributed by atoms with Gasteiger partial charge in [-0.25, -0.2) is 0 Å². The predicted molar refractivity (Wildman–Crippen MR) is 83.3 cm³/mol. The molecule has 1 unspecified atom stereocenters. The van der Waals surface area contributed by atoms with Crippen molar-refractivity contribution in [2.45, 2.75) is 26.3 Å². The Labute approximate surface area is 128 Å². The number of thioether (sulfide) groups is 1. The summed E-state index contributed by atoms with van der Waals surface area (Å²) in [6.45, 7) is 3.24. The molecule has 0 aromatic heterocycles. The summed E-state index contributed by atoms with van der Waals surface area (Å²) in [5.74, 6) is 0.752. The Balaban J connectivity index is 2.15. The van der Waals surface area contributed by atoms with Crippen LogP contribution in [0.4, 0.5) is 5.69 Å². The quantitative estimate of drug-likeness (QED) is 0.866. The first-order valence-corrected chi connectivity index (χ1v) is 7.98. The number of hydrogen-bond donors (Lipinski definition) is 1. The van der Waals surface area contributed by atoms with Gasteiger partial charge in [-0.1, -0.05) is 19.1 Å². The Kier molecular flexibility index (Phi) is 5.01. The van der Waals surface area contributed by atoms with Gasteiger partial charge in [-0.3, -0.25) is 14.4 Å². The minimum Gasteiger partial charge on any atom is -0.324 e. The molecule has 1 atom stereocenters. The third-order valence-electron chi connectivity index (χ3n) is 3.37. The lowest BCUT2D eigenvalue weighted by molar-refractivity contribution is -0.135. The van der Waals surface area contributed by atoms with E-state index in [0.717, 1.165) is 0 Å². The molecule has 0 radical (unpaired) electrons. The molecular formula is C15H18N2O3S. The van der Waals surface area contributed by atoms with Crippen molar-refractivity contribution in [2.24, 2.45) is 0 Å².